The van der Waals surface area contributed by atoms with E-state index in [0.717, 1.165) is 0 Å². The maximum atomic E-state index is 11.6. The zero-order valence-corrected chi connectivity index (χ0v) is 10.8. The number of aliphatic carboxylic acids is 1. The molecule has 1 atom stereocenters. The highest BCUT2D eigenvalue weighted by Crippen LogP contribution is 2.16. The van der Waals surface area contributed by atoms with Gasteiger partial charge in [-0.15, -0.1) is 0 Å². The van der Waals surface area contributed by atoms with E-state index in [9.17, 15) is 9.59 Å². The van der Waals surface area contributed by atoms with Crippen LogP contribution >= 0.6 is 0 Å². The number of ether oxygens (including phenoxy) is 1. The maximum Gasteiger partial charge on any atom is 0.307 e. The summed E-state index contributed by atoms with van der Waals surface area (Å²) in [6, 6.07) is 3.37. The van der Waals surface area contributed by atoms with Crippen LogP contribution in [0.3, 0.4) is 0 Å². The average Bonchev–Trinajstić information content (AvgIpc) is 2.66. The molecule has 0 saturated carbocycles. The van der Waals surface area contributed by atoms with Gasteiger partial charge in [0.2, 0.25) is 0 Å². The molecule has 1 heterocycles. The summed E-state index contributed by atoms with van der Waals surface area (Å²) in [5.41, 5.74) is -0.606. The number of hydrogen-bond acceptors (Lipinski definition) is 4. The number of furan rings is 1. The van der Waals surface area contributed by atoms with E-state index in [1.165, 1.54) is 6.26 Å². The van der Waals surface area contributed by atoms with E-state index in [1.54, 1.807) is 32.9 Å². The van der Waals surface area contributed by atoms with Crippen LogP contribution in [0.5, 0.6) is 0 Å². The molecule has 0 spiro atoms. The zero-order valence-electron chi connectivity index (χ0n) is 10.8. The topological polar surface area (TPSA) is 76.7 Å². The van der Waals surface area contributed by atoms with Crippen molar-refractivity contribution in [1.82, 2.24) is 0 Å². The van der Waals surface area contributed by atoms with Crippen LogP contribution in [0.2, 0.25) is 0 Å². The monoisotopic (exact) mass is 254 g/mol. The lowest BCUT2D eigenvalue weighted by Crippen LogP contribution is -2.28. The number of rotatable bonds is 5. The lowest BCUT2D eigenvalue weighted by atomic mass is 10.00. The fourth-order valence-electron chi connectivity index (χ4n) is 1.50. The molecule has 0 aromatic carbocycles. The number of hydrogen-bond donors (Lipinski definition) is 1. The molecule has 0 saturated heterocycles. The molecule has 100 valence electrons. The van der Waals surface area contributed by atoms with Crippen LogP contribution in [0.15, 0.2) is 22.8 Å². The summed E-state index contributed by atoms with van der Waals surface area (Å²) >= 11 is 0. The Morgan fingerprint density at radius 3 is 2.56 bits per heavy atom. The number of esters is 1. The summed E-state index contributed by atoms with van der Waals surface area (Å²) in [7, 11) is 0. The molecule has 1 aromatic rings. The molecule has 0 fully saturated rings. The van der Waals surface area contributed by atoms with E-state index in [2.05, 4.69) is 0 Å². The Kier molecular flexibility index (Phi) is 4.53. The second-order valence-electron chi connectivity index (χ2n) is 5.11. The van der Waals surface area contributed by atoms with Crippen molar-refractivity contribution in [3.05, 3.63) is 24.2 Å². The van der Waals surface area contributed by atoms with Crippen molar-refractivity contribution < 1.29 is 23.8 Å². The first kappa shape index (κ1) is 14.3. The molecule has 5 heteroatoms. The van der Waals surface area contributed by atoms with E-state index in [0.29, 0.717) is 5.76 Å². The Balaban J connectivity index is 2.58. The molecule has 1 rings (SSSR count). The van der Waals surface area contributed by atoms with E-state index in [4.69, 9.17) is 14.3 Å². The van der Waals surface area contributed by atoms with Gasteiger partial charge in [-0.25, -0.2) is 0 Å². The van der Waals surface area contributed by atoms with Gasteiger partial charge in [-0.1, -0.05) is 0 Å². The first-order chi connectivity index (χ1) is 8.28. The highest BCUT2D eigenvalue weighted by molar-refractivity contribution is 5.79. The van der Waals surface area contributed by atoms with Crippen molar-refractivity contribution in [1.29, 1.82) is 0 Å². The number of carbonyl (C=O) groups excluding carboxylic acids is 1. The lowest BCUT2D eigenvalue weighted by Gasteiger charge is -2.20. The highest BCUT2D eigenvalue weighted by atomic mass is 16.6. The molecule has 18 heavy (non-hydrogen) atoms. The normalized spacial score (nSPS) is 13.1. The molecule has 0 aliphatic carbocycles. The van der Waals surface area contributed by atoms with Crippen molar-refractivity contribution in [2.75, 3.05) is 0 Å². The van der Waals surface area contributed by atoms with E-state index >= 15 is 0 Å². The standard InChI is InChI=1S/C13H18O5/c1-13(2,3)18-11(14)8-9(12(15)16)7-10-5-4-6-17-10/h4-6,9H,7-8H2,1-3H3,(H,15,16)/t9-/m0/s1. The summed E-state index contributed by atoms with van der Waals surface area (Å²) in [6.07, 6.45) is 1.50. The van der Waals surface area contributed by atoms with E-state index in [1.807, 2.05) is 0 Å². The van der Waals surface area contributed by atoms with Crippen LogP contribution in [-0.4, -0.2) is 22.6 Å². The summed E-state index contributed by atoms with van der Waals surface area (Å²) < 4.78 is 10.2. The minimum atomic E-state index is -1.03. The number of carboxylic acids is 1. The minimum Gasteiger partial charge on any atom is -0.481 e. The van der Waals surface area contributed by atoms with Gasteiger partial charge in [0.05, 0.1) is 18.6 Å². The van der Waals surface area contributed by atoms with Gasteiger partial charge in [0.15, 0.2) is 0 Å². The van der Waals surface area contributed by atoms with Gasteiger partial charge in [-0.05, 0) is 32.9 Å². The van der Waals surface area contributed by atoms with Crippen molar-refractivity contribution in [3.63, 3.8) is 0 Å². The van der Waals surface area contributed by atoms with Crippen LogP contribution < -0.4 is 0 Å². The van der Waals surface area contributed by atoms with Gasteiger partial charge >= 0.3 is 11.9 Å². The van der Waals surface area contributed by atoms with Crippen LogP contribution in [0, 0.1) is 5.92 Å². The third-order valence-electron chi connectivity index (χ3n) is 2.21. The number of carboxylic acid groups (broad SMARTS) is 1. The molecule has 0 aliphatic rings. The van der Waals surface area contributed by atoms with Crippen LogP contribution in [0.4, 0.5) is 0 Å². The Morgan fingerprint density at radius 1 is 1.44 bits per heavy atom. The second kappa shape index (κ2) is 5.71. The van der Waals surface area contributed by atoms with E-state index in [-0.39, 0.29) is 12.8 Å². The molecule has 1 aromatic heterocycles. The van der Waals surface area contributed by atoms with Gasteiger partial charge in [-0.3, -0.25) is 9.59 Å². The SMILES string of the molecule is CC(C)(C)OC(=O)C[C@H](Cc1ccco1)C(=O)O. The highest BCUT2D eigenvalue weighted by Gasteiger charge is 2.26. The molecular formula is C13H18O5. The maximum absolute atomic E-state index is 11.6. The largest absolute Gasteiger partial charge is 0.481 e. The van der Waals surface area contributed by atoms with E-state index < -0.39 is 23.5 Å². The third-order valence-corrected chi connectivity index (χ3v) is 2.21. The Morgan fingerprint density at radius 2 is 2.11 bits per heavy atom. The number of carbonyl (C=O) groups is 2. The quantitative estimate of drug-likeness (QED) is 0.815. The lowest BCUT2D eigenvalue weighted by molar-refractivity contribution is -0.159. The van der Waals surface area contributed by atoms with Gasteiger partial charge in [-0.2, -0.15) is 0 Å². The molecular weight excluding hydrogens is 236 g/mol. The summed E-state index contributed by atoms with van der Waals surface area (Å²) in [6.45, 7) is 5.23. The Labute approximate surface area is 106 Å². The Hall–Kier alpha value is -1.78. The average molecular weight is 254 g/mol. The predicted octanol–water partition coefficient (Wildman–Crippen LogP) is 2.25. The molecule has 1 N–H and O–H groups in total. The molecule has 0 aliphatic heterocycles. The van der Waals surface area contributed by atoms with Gasteiger partial charge in [0, 0.05) is 6.42 Å². The first-order valence-corrected chi connectivity index (χ1v) is 5.75. The second-order valence-corrected chi connectivity index (χ2v) is 5.11. The van der Waals surface area contributed by atoms with Gasteiger partial charge in [0.25, 0.3) is 0 Å². The third kappa shape index (κ3) is 5.03. The van der Waals surface area contributed by atoms with Crippen LogP contribution in [0.1, 0.15) is 33.0 Å². The van der Waals surface area contributed by atoms with Crippen LogP contribution in [-0.2, 0) is 20.7 Å². The van der Waals surface area contributed by atoms with Gasteiger partial charge in [0.1, 0.15) is 11.4 Å². The summed E-state index contributed by atoms with van der Waals surface area (Å²) in [4.78, 5) is 22.7. The predicted molar refractivity (Wildman–Crippen MR) is 64.0 cm³/mol. The molecule has 0 radical (unpaired) electrons. The molecule has 0 amide bonds. The van der Waals surface area contributed by atoms with Crippen LogP contribution in [0.25, 0.3) is 0 Å². The fourth-order valence-corrected chi connectivity index (χ4v) is 1.50. The molecule has 5 nitrogen and oxygen atoms in total. The molecule has 0 bridgehead atoms. The van der Waals surface area contributed by atoms with Crippen molar-refractivity contribution >= 4 is 11.9 Å². The summed E-state index contributed by atoms with van der Waals surface area (Å²) in [5.74, 6) is -1.82. The fraction of sp³-hybridized carbons (Fsp3) is 0.538. The summed E-state index contributed by atoms with van der Waals surface area (Å²) in [5, 5.41) is 9.07. The minimum absolute atomic E-state index is 0.159. The molecule has 0 unspecified atom stereocenters. The van der Waals surface area contributed by atoms with Crippen molar-refractivity contribution in [2.24, 2.45) is 5.92 Å². The van der Waals surface area contributed by atoms with Crippen molar-refractivity contribution in [3.8, 4) is 0 Å². The van der Waals surface area contributed by atoms with Gasteiger partial charge < -0.3 is 14.3 Å². The smallest absolute Gasteiger partial charge is 0.307 e. The van der Waals surface area contributed by atoms with Crippen molar-refractivity contribution in [2.45, 2.75) is 39.2 Å². The Bertz CT molecular complexity index is 400. The zero-order chi connectivity index (χ0) is 13.8. The first-order valence-electron chi connectivity index (χ1n) is 5.75.